The molecule has 1 atom stereocenters. The molecule has 1 fully saturated rings. The van der Waals surface area contributed by atoms with E-state index in [9.17, 15) is 9.59 Å². The van der Waals surface area contributed by atoms with Crippen LogP contribution in [0.2, 0.25) is 0 Å². The van der Waals surface area contributed by atoms with Crippen LogP contribution < -0.4 is 25.9 Å². The third-order valence-corrected chi connectivity index (χ3v) is 7.21. The van der Waals surface area contributed by atoms with E-state index < -0.39 is 0 Å². The molecule has 0 amide bonds. The molecular formula is C25H29N5O4. The first-order chi connectivity index (χ1) is 16.6. The maximum Gasteiger partial charge on any atom is 0.270 e. The minimum absolute atomic E-state index is 0.0432. The summed E-state index contributed by atoms with van der Waals surface area (Å²) in [6, 6.07) is 7.91. The number of nitrogens with one attached hydrogen (secondary N) is 1. The number of likely N-dealkylation sites (tertiary alicyclic amines) is 1. The van der Waals surface area contributed by atoms with Gasteiger partial charge in [-0.1, -0.05) is 6.07 Å². The lowest BCUT2D eigenvalue weighted by atomic mass is 10.0. The summed E-state index contributed by atoms with van der Waals surface area (Å²) in [5.41, 5.74) is 3.45. The summed E-state index contributed by atoms with van der Waals surface area (Å²) < 4.78 is 14.9. The Bertz CT molecular complexity index is 1350. The number of rotatable bonds is 5. The molecule has 0 spiro atoms. The minimum atomic E-state index is -0.147. The van der Waals surface area contributed by atoms with Crippen LogP contribution in [0, 0.1) is 6.92 Å². The van der Waals surface area contributed by atoms with Gasteiger partial charge in [0, 0.05) is 31.7 Å². The zero-order valence-electron chi connectivity index (χ0n) is 19.3. The van der Waals surface area contributed by atoms with E-state index in [2.05, 4.69) is 34.3 Å². The lowest BCUT2D eigenvalue weighted by molar-refractivity contribution is 0.169. The van der Waals surface area contributed by atoms with Gasteiger partial charge >= 0.3 is 0 Å². The average molecular weight is 464 g/mol. The van der Waals surface area contributed by atoms with Crippen LogP contribution >= 0.6 is 0 Å². The number of aryl methyl sites for hydroxylation is 1. The maximum atomic E-state index is 12.6. The summed E-state index contributed by atoms with van der Waals surface area (Å²) >= 11 is 0. The van der Waals surface area contributed by atoms with Crippen LogP contribution in [-0.4, -0.2) is 57.9 Å². The molecule has 1 saturated heterocycles. The molecule has 34 heavy (non-hydrogen) atoms. The number of benzene rings is 1. The van der Waals surface area contributed by atoms with E-state index in [4.69, 9.17) is 9.47 Å². The predicted molar refractivity (Wildman–Crippen MR) is 128 cm³/mol. The number of hydrogen-bond acceptors (Lipinski definition) is 7. The Morgan fingerprint density at radius 3 is 2.76 bits per heavy atom. The molecule has 3 aliphatic heterocycles. The highest BCUT2D eigenvalue weighted by Gasteiger charge is 2.29. The normalized spacial score (nSPS) is 20.2. The first kappa shape index (κ1) is 21.4. The van der Waals surface area contributed by atoms with E-state index in [0.29, 0.717) is 37.0 Å². The van der Waals surface area contributed by atoms with E-state index in [1.165, 1.54) is 11.8 Å². The molecular weight excluding hydrogens is 434 g/mol. The number of piperidine rings is 1. The summed E-state index contributed by atoms with van der Waals surface area (Å²) in [6.07, 6.45) is 3.44. The minimum Gasteiger partial charge on any atom is -0.486 e. The number of pyridine rings is 1. The van der Waals surface area contributed by atoms with Gasteiger partial charge in [-0.3, -0.25) is 18.7 Å². The molecule has 178 valence electrons. The van der Waals surface area contributed by atoms with E-state index in [1.54, 1.807) is 21.3 Å². The van der Waals surface area contributed by atoms with Crippen LogP contribution in [0.3, 0.4) is 0 Å². The van der Waals surface area contributed by atoms with Crippen LogP contribution in [0.4, 0.5) is 0 Å². The van der Waals surface area contributed by atoms with Crippen LogP contribution in [0.25, 0.3) is 11.2 Å². The molecule has 3 aromatic rings. The van der Waals surface area contributed by atoms with Gasteiger partial charge in [0.05, 0.1) is 12.2 Å². The summed E-state index contributed by atoms with van der Waals surface area (Å²) in [5.74, 6) is 1.71. The molecule has 0 bridgehead atoms. The fourth-order valence-corrected chi connectivity index (χ4v) is 5.54. The smallest absolute Gasteiger partial charge is 0.270 e. The number of fused-ring (bicyclic) bond motifs is 1. The van der Waals surface area contributed by atoms with Gasteiger partial charge in [0.1, 0.15) is 24.4 Å². The Hall–Kier alpha value is -3.17. The standard InChI is InChI=1S/C25H29N5O4/c1-16-10-17(11-21-24(16)34-9-8-33-21)12-26-18-4-6-28(7-5-18)14-19-15-29-23(32)13-27-20-2-3-22(31)30(19)25(20)29/h2-3,10-11,13,18-19,26H,4-9,12,14-15H2,1H3/t19-/m1/s1. The predicted octanol–water partition coefficient (Wildman–Crippen LogP) is 1.45. The summed E-state index contributed by atoms with van der Waals surface area (Å²) in [5, 5.41) is 3.70. The monoisotopic (exact) mass is 463 g/mol. The quantitative estimate of drug-likeness (QED) is 0.612. The SMILES string of the molecule is Cc1cc(CNC2CCN(C[C@@H]3Cn4c(=O)cnc5ccc(=O)n3c54)CC2)cc2c1OCCO2. The fraction of sp³-hybridized carbons (Fsp3) is 0.480. The van der Waals surface area contributed by atoms with Gasteiger partial charge in [0.15, 0.2) is 11.5 Å². The van der Waals surface area contributed by atoms with Crippen molar-refractivity contribution in [2.75, 3.05) is 32.8 Å². The molecule has 1 N–H and O–H groups in total. The van der Waals surface area contributed by atoms with E-state index in [0.717, 1.165) is 56.1 Å². The molecule has 2 aromatic heterocycles. The van der Waals surface area contributed by atoms with Gasteiger partial charge in [-0.15, -0.1) is 0 Å². The second-order valence-corrected chi connectivity index (χ2v) is 9.50. The molecule has 1 aromatic carbocycles. The Labute approximate surface area is 196 Å². The van der Waals surface area contributed by atoms with Crippen molar-refractivity contribution in [1.82, 2.24) is 24.3 Å². The zero-order chi connectivity index (χ0) is 23.2. The van der Waals surface area contributed by atoms with Gasteiger partial charge in [0.25, 0.3) is 11.1 Å². The third-order valence-electron chi connectivity index (χ3n) is 7.21. The van der Waals surface area contributed by atoms with Gasteiger partial charge in [-0.05, 0) is 56.1 Å². The van der Waals surface area contributed by atoms with Crippen molar-refractivity contribution in [1.29, 1.82) is 0 Å². The molecule has 9 heteroatoms. The first-order valence-electron chi connectivity index (χ1n) is 12.0. The number of hydrogen-bond donors (Lipinski definition) is 1. The molecule has 9 nitrogen and oxygen atoms in total. The Morgan fingerprint density at radius 2 is 1.91 bits per heavy atom. The summed E-state index contributed by atoms with van der Waals surface area (Å²) in [6.45, 7) is 7.27. The number of aromatic nitrogens is 3. The molecule has 5 heterocycles. The highest BCUT2D eigenvalue weighted by Crippen LogP contribution is 2.34. The van der Waals surface area contributed by atoms with Crippen molar-refractivity contribution in [2.45, 2.75) is 44.9 Å². The second kappa shape index (κ2) is 8.56. The summed E-state index contributed by atoms with van der Waals surface area (Å²) in [7, 11) is 0. The molecule has 3 aliphatic rings. The van der Waals surface area contributed by atoms with E-state index >= 15 is 0 Å². The number of nitrogens with zero attached hydrogens (tertiary/aromatic N) is 4. The highest BCUT2D eigenvalue weighted by atomic mass is 16.6. The van der Waals surface area contributed by atoms with Crippen LogP contribution in [0.15, 0.2) is 40.1 Å². The highest BCUT2D eigenvalue weighted by molar-refractivity contribution is 5.71. The molecule has 6 rings (SSSR count). The third kappa shape index (κ3) is 3.78. The lowest BCUT2D eigenvalue weighted by Crippen LogP contribution is -2.44. The Morgan fingerprint density at radius 1 is 1.09 bits per heavy atom. The van der Waals surface area contributed by atoms with Crippen molar-refractivity contribution in [2.24, 2.45) is 0 Å². The Kier molecular flexibility index (Phi) is 5.38. The summed E-state index contributed by atoms with van der Waals surface area (Å²) in [4.78, 5) is 31.6. The maximum absolute atomic E-state index is 12.6. The molecule has 0 saturated carbocycles. The van der Waals surface area contributed by atoms with Crippen molar-refractivity contribution in [3.63, 3.8) is 0 Å². The van der Waals surface area contributed by atoms with Crippen LogP contribution in [0.5, 0.6) is 11.5 Å². The van der Waals surface area contributed by atoms with Crippen molar-refractivity contribution < 1.29 is 9.47 Å². The number of ether oxygens (including phenoxy) is 2. The molecule has 0 radical (unpaired) electrons. The van der Waals surface area contributed by atoms with Gasteiger partial charge in [-0.2, -0.15) is 0 Å². The van der Waals surface area contributed by atoms with Gasteiger partial charge in [-0.25, -0.2) is 4.98 Å². The van der Waals surface area contributed by atoms with Crippen LogP contribution in [-0.2, 0) is 13.1 Å². The van der Waals surface area contributed by atoms with Crippen molar-refractivity contribution in [3.8, 4) is 11.5 Å². The zero-order valence-corrected chi connectivity index (χ0v) is 19.3. The lowest BCUT2D eigenvalue weighted by Gasteiger charge is -2.34. The topological polar surface area (TPSA) is 90.6 Å². The van der Waals surface area contributed by atoms with Gasteiger partial charge < -0.3 is 19.7 Å². The fourth-order valence-electron chi connectivity index (χ4n) is 5.54. The first-order valence-corrected chi connectivity index (χ1v) is 12.0. The van der Waals surface area contributed by atoms with Crippen molar-refractivity contribution in [3.05, 3.63) is 62.3 Å². The average Bonchev–Trinajstić information content (AvgIpc) is 3.24. The Balaban J connectivity index is 1.07. The van der Waals surface area contributed by atoms with Gasteiger partial charge in [0.2, 0.25) is 0 Å². The van der Waals surface area contributed by atoms with Crippen molar-refractivity contribution >= 4 is 11.2 Å². The van der Waals surface area contributed by atoms with E-state index in [-0.39, 0.29) is 17.2 Å². The second-order valence-electron chi connectivity index (χ2n) is 9.50. The van der Waals surface area contributed by atoms with Crippen LogP contribution in [0.1, 0.15) is 30.0 Å². The molecule has 0 aliphatic carbocycles. The van der Waals surface area contributed by atoms with E-state index in [1.807, 2.05) is 0 Å². The molecule has 0 unspecified atom stereocenters. The largest absolute Gasteiger partial charge is 0.486 e.